The molecule has 1 heterocycles. The number of ether oxygens (including phenoxy) is 3. The number of methoxy groups -OCH3 is 1. The second-order valence-electron chi connectivity index (χ2n) is 6.03. The zero-order valence-corrected chi connectivity index (χ0v) is 17.3. The molecule has 7 nitrogen and oxygen atoms in total. The molecule has 0 spiro atoms. The molecule has 3 aromatic rings. The first-order chi connectivity index (χ1) is 14.6. The second-order valence-corrected chi connectivity index (χ2v) is 6.43. The van der Waals surface area contributed by atoms with Crippen LogP contribution < -0.4 is 19.6 Å². The average molecular weight is 429 g/mol. The van der Waals surface area contributed by atoms with E-state index in [2.05, 4.69) is 10.5 Å². The number of carbonyl (C=O) groups is 1. The number of hydrazone groups is 1. The van der Waals surface area contributed by atoms with Gasteiger partial charge in [0.05, 0.1) is 25.0 Å². The molecular formula is C22H21ClN2O5. The third-order valence-electron chi connectivity index (χ3n) is 3.96. The SMILES string of the molecule is CCOc1ccc(/C=N/NC(=O)c2ccc(COc3ccccc3Cl)o2)cc1OC. The van der Waals surface area contributed by atoms with E-state index < -0.39 is 5.91 Å². The molecule has 0 bridgehead atoms. The van der Waals surface area contributed by atoms with Gasteiger partial charge in [-0.2, -0.15) is 5.10 Å². The molecule has 3 rings (SSSR count). The Bertz CT molecular complexity index is 1030. The van der Waals surface area contributed by atoms with Gasteiger partial charge in [-0.25, -0.2) is 5.43 Å². The maximum Gasteiger partial charge on any atom is 0.307 e. The van der Waals surface area contributed by atoms with Crippen molar-refractivity contribution >= 4 is 23.7 Å². The second kappa shape index (κ2) is 10.4. The van der Waals surface area contributed by atoms with Gasteiger partial charge in [0.25, 0.3) is 0 Å². The van der Waals surface area contributed by atoms with Crippen molar-refractivity contribution in [1.82, 2.24) is 5.43 Å². The number of carbonyl (C=O) groups excluding carboxylic acids is 1. The number of hydrogen-bond acceptors (Lipinski definition) is 6. The van der Waals surface area contributed by atoms with Gasteiger partial charge in [0.2, 0.25) is 0 Å². The Morgan fingerprint density at radius 3 is 2.70 bits per heavy atom. The van der Waals surface area contributed by atoms with Crippen LogP contribution in [0.1, 0.15) is 28.8 Å². The van der Waals surface area contributed by atoms with Crippen LogP contribution in [0, 0.1) is 0 Å². The normalized spacial score (nSPS) is 10.8. The summed E-state index contributed by atoms with van der Waals surface area (Å²) in [6.45, 7) is 2.58. The minimum Gasteiger partial charge on any atom is -0.493 e. The molecule has 0 fully saturated rings. The summed E-state index contributed by atoms with van der Waals surface area (Å²) in [6, 6.07) is 15.7. The Kier molecular flexibility index (Phi) is 7.34. The summed E-state index contributed by atoms with van der Waals surface area (Å²) in [5.74, 6) is 1.89. The molecule has 0 aliphatic heterocycles. The van der Waals surface area contributed by atoms with Crippen LogP contribution in [-0.4, -0.2) is 25.8 Å². The number of benzene rings is 2. The molecule has 0 aliphatic rings. The molecule has 0 unspecified atom stereocenters. The minimum atomic E-state index is -0.479. The summed E-state index contributed by atoms with van der Waals surface area (Å²) in [4.78, 5) is 12.2. The molecule has 1 amide bonds. The predicted molar refractivity (Wildman–Crippen MR) is 114 cm³/mol. The molecule has 30 heavy (non-hydrogen) atoms. The van der Waals surface area contributed by atoms with Gasteiger partial charge in [0.15, 0.2) is 17.3 Å². The summed E-state index contributed by atoms with van der Waals surface area (Å²) in [7, 11) is 1.56. The van der Waals surface area contributed by atoms with Gasteiger partial charge in [-0.05, 0) is 55.0 Å². The van der Waals surface area contributed by atoms with Gasteiger partial charge in [0, 0.05) is 0 Å². The van der Waals surface area contributed by atoms with Crippen LogP contribution in [0.15, 0.2) is 64.1 Å². The first-order valence-electron chi connectivity index (χ1n) is 9.21. The van der Waals surface area contributed by atoms with Crippen molar-refractivity contribution in [3.05, 3.63) is 76.7 Å². The van der Waals surface area contributed by atoms with Gasteiger partial charge < -0.3 is 18.6 Å². The topological polar surface area (TPSA) is 82.3 Å². The molecular weight excluding hydrogens is 408 g/mol. The number of nitrogens with zero attached hydrogens (tertiary/aromatic N) is 1. The molecule has 0 atom stereocenters. The molecule has 0 radical (unpaired) electrons. The maximum absolute atomic E-state index is 12.2. The highest BCUT2D eigenvalue weighted by Crippen LogP contribution is 2.27. The number of para-hydroxylation sites is 1. The number of nitrogens with one attached hydrogen (secondary N) is 1. The number of rotatable bonds is 9. The lowest BCUT2D eigenvalue weighted by atomic mass is 10.2. The van der Waals surface area contributed by atoms with Gasteiger partial charge in [-0.1, -0.05) is 23.7 Å². The van der Waals surface area contributed by atoms with E-state index in [1.54, 1.807) is 49.6 Å². The van der Waals surface area contributed by atoms with E-state index in [0.29, 0.717) is 34.6 Å². The Morgan fingerprint density at radius 2 is 1.93 bits per heavy atom. The highest BCUT2D eigenvalue weighted by Gasteiger charge is 2.11. The Balaban J connectivity index is 1.56. The first-order valence-corrected chi connectivity index (χ1v) is 9.58. The van der Waals surface area contributed by atoms with Gasteiger partial charge >= 0.3 is 5.91 Å². The van der Waals surface area contributed by atoms with Crippen LogP contribution in [0.25, 0.3) is 0 Å². The Hall–Kier alpha value is -3.45. The third kappa shape index (κ3) is 5.55. The average Bonchev–Trinajstić information content (AvgIpc) is 3.23. The Labute approximate surface area is 179 Å². The highest BCUT2D eigenvalue weighted by molar-refractivity contribution is 6.32. The van der Waals surface area contributed by atoms with Crippen LogP contribution in [0.2, 0.25) is 5.02 Å². The van der Waals surface area contributed by atoms with E-state index in [9.17, 15) is 4.79 Å². The lowest BCUT2D eigenvalue weighted by Crippen LogP contribution is -2.16. The van der Waals surface area contributed by atoms with Gasteiger partial charge in [-0.15, -0.1) is 0 Å². The van der Waals surface area contributed by atoms with Crippen LogP contribution in [-0.2, 0) is 6.61 Å². The molecule has 1 N–H and O–H groups in total. The van der Waals surface area contributed by atoms with Crippen LogP contribution >= 0.6 is 11.6 Å². The Morgan fingerprint density at radius 1 is 1.10 bits per heavy atom. The van der Waals surface area contributed by atoms with E-state index >= 15 is 0 Å². The summed E-state index contributed by atoms with van der Waals surface area (Å²) in [6.07, 6.45) is 1.50. The quantitative estimate of drug-likeness (QED) is 0.395. The number of furan rings is 1. The monoisotopic (exact) mass is 428 g/mol. The van der Waals surface area contributed by atoms with E-state index in [1.807, 2.05) is 19.1 Å². The minimum absolute atomic E-state index is 0.120. The first kappa shape index (κ1) is 21.3. The molecule has 2 aromatic carbocycles. The summed E-state index contributed by atoms with van der Waals surface area (Å²) in [5.41, 5.74) is 3.16. The number of amides is 1. The van der Waals surface area contributed by atoms with Crippen molar-refractivity contribution < 1.29 is 23.4 Å². The zero-order chi connectivity index (χ0) is 21.3. The smallest absolute Gasteiger partial charge is 0.307 e. The largest absolute Gasteiger partial charge is 0.493 e. The van der Waals surface area contributed by atoms with Crippen molar-refractivity contribution in [2.75, 3.05) is 13.7 Å². The van der Waals surface area contributed by atoms with Crippen molar-refractivity contribution in [3.8, 4) is 17.2 Å². The van der Waals surface area contributed by atoms with Crippen molar-refractivity contribution in [2.24, 2.45) is 5.10 Å². The maximum atomic E-state index is 12.2. The predicted octanol–water partition coefficient (Wildman–Crippen LogP) is 4.68. The molecule has 156 valence electrons. The van der Waals surface area contributed by atoms with E-state index in [4.69, 9.17) is 30.2 Å². The lowest BCUT2D eigenvalue weighted by molar-refractivity contribution is 0.0923. The number of halogens is 1. The van der Waals surface area contributed by atoms with Crippen LogP contribution in [0.5, 0.6) is 17.2 Å². The highest BCUT2D eigenvalue weighted by atomic mass is 35.5. The number of hydrogen-bond donors (Lipinski definition) is 1. The van der Waals surface area contributed by atoms with E-state index in [-0.39, 0.29) is 12.4 Å². The van der Waals surface area contributed by atoms with Crippen molar-refractivity contribution in [3.63, 3.8) is 0 Å². The van der Waals surface area contributed by atoms with Crippen LogP contribution in [0.3, 0.4) is 0 Å². The third-order valence-corrected chi connectivity index (χ3v) is 4.27. The summed E-state index contributed by atoms with van der Waals surface area (Å²) >= 11 is 6.05. The van der Waals surface area contributed by atoms with E-state index in [1.165, 1.54) is 6.21 Å². The standard InChI is InChI=1S/C22H21ClN2O5/c1-3-28-19-10-8-15(12-21(19)27-2)13-24-25-22(26)20-11-9-16(30-20)14-29-18-7-5-4-6-17(18)23/h4-13H,3,14H2,1-2H3,(H,25,26)/b24-13+. The fraction of sp³-hybridized carbons (Fsp3) is 0.182. The molecule has 1 aromatic heterocycles. The lowest BCUT2D eigenvalue weighted by Gasteiger charge is -2.09. The van der Waals surface area contributed by atoms with Crippen molar-refractivity contribution in [1.29, 1.82) is 0 Å². The molecule has 0 saturated heterocycles. The zero-order valence-electron chi connectivity index (χ0n) is 16.6. The van der Waals surface area contributed by atoms with Gasteiger partial charge in [0.1, 0.15) is 18.1 Å². The fourth-order valence-corrected chi connectivity index (χ4v) is 2.74. The molecule has 8 heteroatoms. The van der Waals surface area contributed by atoms with Crippen molar-refractivity contribution in [2.45, 2.75) is 13.5 Å². The van der Waals surface area contributed by atoms with Gasteiger partial charge in [-0.3, -0.25) is 4.79 Å². The fourth-order valence-electron chi connectivity index (χ4n) is 2.55. The summed E-state index contributed by atoms with van der Waals surface area (Å²) in [5, 5.41) is 4.46. The summed E-state index contributed by atoms with van der Waals surface area (Å²) < 4.78 is 21.9. The molecule has 0 aliphatic carbocycles. The molecule has 0 saturated carbocycles. The van der Waals surface area contributed by atoms with E-state index in [0.717, 1.165) is 5.56 Å². The van der Waals surface area contributed by atoms with Crippen LogP contribution in [0.4, 0.5) is 0 Å².